The van der Waals surface area contributed by atoms with Gasteiger partial charge in [-0.1, -0.05) is 49.0 Å². The maximum atomic E-state index is 13.6. The molecule has 6 heteroatoms. The lowest BCUT2D eigenvalue weighted by Gasteiger charge is -2.10. The van der Waals surface area contributed by atoms with Crippen molar-refractivity contribution in [3.05, 3.63) is 121 Å². The summed E-state index contributed by atoms with van der Waals surface area (Å²) in [5.41, 5.74) is 1.99. The van der Waals surface area contributed by atoms with Crippen LogP contribution in [0.15, 0.2) is 110 Å². The minimum atomic E-state index is -0.275. The van der Waals surface area contributed by atoms with Gasteiger partial charge in [-0.15, -0.1) is 11.3 Å². The molecule has 0 spiro atoms. The summed E-state index contributed by atoms with van der Waals surface area (Å²) in [4.78, 5) is 0.922. The first-order valence-electron chi connectivity index (χ1n) is 11.9. The summed E-state index contributed by atoms with van der Waals surface area (Å²) in [6, 6.07) is 30.0. The van der Waals surface area contributed by atoms with Gasteiger partial charge in [-0.25, -0.2) is 4.39 Å². The van der Waals surface area contributed by atoms with Crippen molar-refractivity contribution in [1.82, 2.24) is 5.32 Å². The predicted octanol–water partition coefficient (Wildman–Crippen LogP) is 8.19. The Morgan fingerprint density at radius 2 is 1.54 bits per heavy atom. The molecule has 0 atom stereocenters. The quantitative estimate of drug-likeness (QED) is 0.182. The summed E-state index contributed by atoms with van der Waals surface area (Å²) in [6.07, 6.45) is 1.64. The topological polar surface area (TPSA) is 39.7 Å². The predicted molar refractivity (Wildman–Crippen MR) is 148 cm³/mol. The molecule has 1 heterocycles. The SMILES string of the molecule is C=CNCCOc1ccc(Oc2c(-c3ccc(F)cc3)sc3cc(OCc4ccccc4)ccc23)cc1. The van der Waals surface area contributed by atoms with Crippen molar-refractivity contribution in [2.75, 3.05) is 13.2 Å². The van der Waals surface area contributed by atoms with Crippen molar-refractivity contribution in [3.63, 3.8) is 0 Å². The van der Waals surface area contributed by atoms with E-state index in [1.165, 1.54) is 12.1 Å². The molecule has 4 nitrogen and oxygen atoms in total. The minimum Gasteiger partial charge on any atom is -0.492 e. The van der Waals surface area contributed by atoms with E-state index < -0.39 is 0 Å². The number of halogens is 1. The molecule has 0 bridgehead atoms. The summed E-state index contributed by atoms with van der Waals surface area (Å²) < 4.78 is 32.8. The van der Waals surface area contributed by atoms with Gasteiger partial charge in [-0.2, -0.15) is 0 Å². The van der Waals surface area contributed by atoms with Gasteiger partial charge in [0.05, 0.1) is 4.88 Å². The zero-order valence-electron chi connectivity index (χ0n) is 20.2. The van der Waals surface area contributed by atoms with Crippen LogP contribution in [0.4, 0.5) is 4.39 Å². The van der Waals surface area contributed by atoms with Crippen molar-refractivity contribution < 1.29 is 18.6 Å². The van der Waals surface area contributed by atoms with Crippen LogP contribution in [0.3, 0.4) is 0 Å². The molecule has 0 radical (unpaired) electrons. The Balaban J connectivity index is 1.42. The third kappa shape index (κ3) is 6.11. The molecule has 1 N–H and O–H groups in total. The second-order valence-corrected chi connectivity index (χ2v) is 9.33. The average Bonchev–Trinajstić information content (AvgIpc) is 3.29. The number of hydrogen-bond acceptors (Lipinski definition) is 5. The molecule has 37 heavy (non-hydrogen) atoms. The van der Waals surface area contributed by atoms with Crippen LogP contribution >= 0.6 is 11.3 Å². The lowest BCUT2D eigenvalue weighted by molar-refractivity contribution is 0.306. The lowest BCUT2D eigenvalue weighted by Crippen LogP contribution is -2.14. The van der Waals surface area contributed by atoms with Crippen LogP contribution in [0, 0.1) is 5.82 Å². The Kier molecular flexibility index (Phi) is 7.67. The number of thiophene rings is 1. The summed E-state index contributed by atoms with van der Waals surface area (Å²) in [6.45, 7) is 5.33. The van der Waals surface area contributed by atoms with Crippen molar-refractivity contribution in [1.29, 1.82) is 0 Å². The fourth-order valence-corrected chi connectivity index (χ4v) is 4.99. The Morgan fingerprint density at radius 1 is 0.811 bits per heavy atom. The molecule has 4 aromatic carbocycles. The van der Waals surface area contributed by atoms with Crippen LogP contribution in [0.5, 0.6) is 23.0 Å². The van der Waals surface area contributed by atoms with E-state index in [0.717, 1.165) is 43.3 Å². The molecule has 186 valence electrons. The van der Waals surface area contributed by atoms with E-state index in [-0.39, 0.29) is 5.82 Å². The largest absolute Gasteiger partial charge is 0.492 e. The number of fused-ring (bicyclic) bond motifs is 1. The van der Waals surface area contributed by atoms with Crippen LogP contribution in [0.1, 0.15) is 5.56 Å². The number of ether oxygens (including phenoxy) is 3. The second kappa shape index (κ2) is 11.6. The molecule has 0 aliphatic rings. The first-order chi connectivity index (χ1) is 18.2. The van der Waals surface area contributed by atoms with E-state index in [2.05, 4.69) is 11.9 Å². The highest BCUT2D eigenvalue weighted by Gasteiger charge is 2.17. The van der Waals surface area contributed by atoms with E-state index in [0.29, 0.717) is 25.5 Å². The monoisotopic (exact) mass is 511 g/mol. The summed E-state index contributed by atoms with van der Waals surface area (Å²) in [5, 5.41) is 3.97. The Morgan fingerprint density at radius 3 is 2.30 bits per heavy atom. The van der Waals surface area contributed by atoms with Gasteiger partial charge in [0, 0.05) is 16.6 Å². The highest BCUT2D eigenvalue weighted by Crippen LogP contribution is 2.47. The molecule has 5 rings (SSSR count). The first-order valence-corrected chi connectivity index (χ1v) is 12.8. The summed E-state index contributed by atoms with van der Waals surface area (Å²) >= 11 is 1.59. The molecular weight excluding hydrogens is 485 g/mol. The second-order valence-electron chi connectivity index (χ2n) is 8.28. The first kappa shape index (κ1) is 24.4. The van der Waals surface area contributed by atoms with E-state index >= 15 is 0 Å². The molecule has 5 aromatic rings. The number of rotatable bonds is 11. The third-order valence-corrected chi connectivity index (χ3v) is 6.86. The smallest absolute Gasteiger partial charge is 0.153 e. The van der Waals surface area contributed by atoms with Crippen LogP contribution in [-0.4, -0.2) is 13.2 Å². The number of benzene rings is 4. The maximum absolute atomic E-state index is 13.6. The van der Waals surface area contributed by atoms with Crippen LogP contribution in [-0.2, 0) is 6.61 Å². The molecule has 1 aromatic heterocycles. The number of nitrogens with one attached hydrogen (secondary N) is 1. The van der Waals surface area contributed by atoms with Crippen molar-refractivity contribution in [3.8, 4) is 33.4 Å². The summed E-state index contributed by atoms with van der Waals surface area (Å²) in [7, 11) is 0. The zero-order chi connectivity index (χ0) is 25.5. The average molecular weight is 512 g/mol. The molecule has 0 aliphatic heterocycles. The highest BCUT2D eigenvalue weighted by molar-refractivity contribution is 7.22. The van der Waals surface area contributed by atoms with Gasteiger partial charge in [0.1, 0.15) is 36.3 Å². The minimum absolute atomic E-state index is 0.275. The van der Waals surface area contributed by atoms with E-state index in [1.807, 2.05) is 72.8 Å². The van der Waals surface area contributed by atoms with E-state index in [1.54, 1.807) is 29.7 Å². The van der Waals surface area contributed by atoms with Crippen LogP contribution in [0.2, 0.25) is 0 Å². The van der Waals surface area contributed by atoms with Gasteiger partial charge < -0.3 is 19.5 Å². The third-order valence-electron chi connectivity index (χ3n) is 5.67. The normalized spacial score (nSPS) is 10.7. The van der Waals surface area contributed by atoms with E-state index in [4.69, 9.17) is 14.2 Å². The van der Waals surface area contributed by atoms with E-state index in [9.17, 15) is 4.39 Å². The summed E-state index contributed by atoms with van der Waals surface area (Å²) in [5.74, 6) is 2.67. The molecule has 0 aliphatic carbocycles. The van der Waals surface area contributed by atoms with Crippen LogP contribution < -0.4 is 19.5 Å². The Bertz CT molecular complexity index is 1460. The standard InChI is InChI=1S/C31H26FNO3S/c1-2-33-18-19-34-25-12-14-26(15-13-25)36-30-28-17-16-27(35-21-22-6-4-3-5-7-22)20-29(28)37-31(30)23-8-10-24(32)11-9-23/h2-17,20,33H,1,18-19,21H2. The molecule has 0 unspecified atom stereocenters. The zero-order valence-corrected chi connectivity index (χ0v) is 21.0. The molecular formula is C31H26FNO3S. The van der Waals surface area contributed by atoms with Gasteiger partial charge >= 0.3 is 0 Å². The highest BCUT2D eigenvalue weighted by atomic mass is 32.1. The van der Waals surface area contributed by atoms with Gasteiger partial charge in [0.2, 0.25) is 0 Å². The molecule has 0 saturated heterocycles. The fourth-order valence-electron chi connectivity index (χ4n) is 3.83. The fraction of sp³-hybridized carbons (Fsp3) is 0.0968. The molecule has 0 fully saturated rings. The Hall–Kier alpha value is -4.29. The molecule has 0 amide bonds. The van der Waals surface area contributed by atoms with Gasteiger partial charge in [-0.3, -0.25) is 0 Å². The van der Waals surface area contributed by atoms with Gasteiger partial charge in [-0.05, 0) is 71.9 Å². The lowest BCUT2D eigenvalue weighted by atomic mass is 10.1. The van der Waals surface area contributed by atoms with Crippen molar-refractivity contribution in [2.45, 2.75) is 6.61 Å². The molecule has 0 saturated carbocycles. The van der Waals surface area contributed by atoms with Crippen LogP contribution in [0.25, 0.3) is 20.5 Å². The Labute approximate surface area is 219 Å². The maximum Gasteiger partial charge on any atom is 0.153 e. The van der Waals surface area contributed by atoms with Gasteiger partial charge in [0.15, 0.2) is 5.75 Å². The van der Waals surface area contributed by atoms with Crippen molar-refractivity contribution >= 4 is 21.4 Å². The van der Waals surface area contributed by atoms with Gasteiger partial charge in [0.25, 0.3) is 0 Å². The number of hydrogen-bond donors (Lipinski definition) is 1. The van der Waals surface area contributed by atoms with Crippen molar-refractivity contribution in [2.24, 2.45) is 0 Å².